The van der Waals surface area contributed by atoms with Crippen LogP contribution < -0.4 is 14.8 Å². The molecule has 1 aromatic heterocycles. The van der Waals surface area contributed by atoms with Crippen molar-refractivity contribution in [1.29, 1.82) is 0 Å². The number of amides is 1. The number of rotatable bonds is 6. The van der Waals surface area contributed by atoms with Gasteiger partial charge in [0.2, 0.25) is 0 Å². The second kappa shape index (κ2) is 8.27. The van der Waals surface area contributed by atoms with E-state index in [1.807, 2.05) is 50.2 Å². The summed E-state index contributed by atoms with van der Waals surface area (Å²) in [6.45, 7) is 4.69. The standard InChI is InChI=1S/C21H21ClN2O3/c1-13-10-14(2)19-15(11-13)12-18(20(22)24-19)21(25)23-8-9-27-17-6-4-16(26-3)5-7-17/h4-7,10-12H,8-9H2,1-3H3,(H,23,25). The Morgan fingerprint density at radius 2 is 1.81 bits per heavy atom. The highest BCUT2D eigenvalue weighted by Crippen LogP contribution is 2.24. The van der Waals surface area contributed by atoms with Crippen LogP contribution in [0, 0.1) is 13.8 Å². The molecule has 0 atom stereocenters. The molecule has 0 aliphatic carbocycles. The molecule has 140 valence electrons. The summed E-state index contributed by atoms with van der Waals surface area (Å²) in [6, 6.07) is 13.1. The van der Waals surface area contributed by atoms with Crippen molar-refractivity contribution in [2.24, 2.45) is 0 Å². The number of benzene rings is 2. The summed E-state index contributed by atoms with van der Waals surface area (Å²) in [6.07, 6.45) is 0. The van der Waals surface area contributed by atoms with E-state index in [1.165, 1.54) is 0 Å². The summed E-state index contributed by atoms with van der Waals surface area (Å²) in [7, 11) is 1.61. The van der Waals surface area contributed by atoms with Crippen LogP contribution in [-0.2, 0) is 0 Å². The fourth-order valence-electron chi connectivity index (χ4n) is 2.89. The lowest BCUT2D eigenvalue weighted by atomic mass is 10.1. The first-order chi connectivity index (χ1) is 13.0. The fraction of sp³-hybridized carbons (Fsp3) is 0.238. The van der Waals surface area contributed by atoms with Crippen LogP contribution in [0.3, 0.4) is 0 Å². The van der Waals surface area contributed by atoms with E-state index in [1.54, 1.807) is 13.2 Å². The lowest BCUT2D eigenvalue weighted by molar-refractivity contribution is 0.0947. The molecule has 0 radical (unpaired) electrons. The maximum atomic E-state index is 12.5. The SMILES string of the molecule is COc1ccc(OCCNC(=O)c2cc3cc(C)cc(C)c3nc2Cl)cc1. The Morgan fingerprint density at radius 1 is 1.11 bits per heavy atom. The highest BCUT2D eigenvalue weighted by Gasteiger charge is 2.14. The van der Waals surface area contributed by atoms with Crippen LogP contribution >= 0.6 is 11.6 Å². The molecule has 0 unspecified atom stereocenters. The van der Waals surface area contributed by atoms with Gasteiger partial charge in [0.25, 0.3) is 5.91 Å². The highest BCUT2D eigenvalue weighted by atomic mass is 35.5. The Hall–Kier alpha value is -2.79. The summed E-state index contributed by atoms with van der Waals surface area (Å²) in [5.74, 6) is 1.20. The Bertz CT molecular complexity index is 971. The van der Waals surface area contributed by atoms with Crippen molar-refractivity contribution in [3.8, 4) is 11.5 Å². The molecule has 0 fully saturated rings. The Balaban J connectivity index is 1.62. The van der Waals surface area contributed by atoms with Gasteiger partial charge in [0.1, 0.15) is 23.3 Å². The molecule has 3 aromatic rings. The maximum Gasteiger partial charge on any atom is 0.254 e. The molecular formula is C21H21ClN2O3. The number of pyridine rings is 1. The largest absolute Gasteiger partial charge is 0.497 e. The van der Waals surface area contributed by atoms with Gasteiger partial charge in [0.15, 0.2) is 0 Å². The third kappa shape index (κ3) is 4.49. The number of nitrogens with zero attached hydrogens (tertiary/aromatic N) is 1. The molecule has 1 heterocycles. The zero-order valence-electron chi connectivity index (χ0n) is 15.5. The van der Waals surface area contributed by atoms with E-state index < -0.39 is 0 Å². The minimum Gasteiger partial charge on any atom is -0.497 e. The predicted molar refractivity (Wildman–Crippen MR) is 107 cm³/mol. The first kappa shape index (κ1) is 19.0. The van der Waals surface area contributed by atoms with E-state index in [2.05, 4.69) is 10.3 Å². The van der Waals surface area contributed by atoms with Crippen molar-refractivity contribution in [2.45, 2.75) is 13.8 Å². The number of ether oxygens (including phenoxy) is 2. The van der Waals surface area contributed by atoms with Crippen molar-refractivity contribution in [3.63, 3.8) is 0 Å². The summed E-state index contributed by atoms with van der Waals surface area (Å²) in [5, 5.41) is 3.91. The second-order valence-electron chi connectivity index (χ2n) is 6.26. The third-order valence-corrected chi connectivity index (χ3v) is 4.45. The van der Waals surface area contributed by atoms with E-state index >= 15 is 0 Å². The van der Waals surface area contributed by atoms with E-state index in [4.69, 9.17) is 21.1 Å². The summed E-state index contributed by atoms with van der Waals surface area (Å²) >= 11 is 6.23. The minimum atomic E-state index is -0.271. The fourth-order valence-corrected chi connectivity index (χ4v) is 3.11. The zero-order chi connectivity index (χ0) is 19.4. The van der Waals surface area contributed by atoms with Gasteiger partial charge in [0.05, 0.1) is 24.7 Å². The molecule has 0 saturated heterocycles. The van der Waals surface area contributed by atoms with E-state index in [0.717, 1.165) is 27.8 Å². The second-order valence-corrected chi connectivity index (χ2v) is 6.62. The van der Waals surface area contributed by atoms with Crippen LogP contribution in [-0.4, -0.2) is 31.2 Å². The molecule has 0 spiro atoms. The number of methoxy groups -OCH3 is 1. The molecule has 0 bridgehead atoms. The van der Waals surface area contributed by atoms with Gasteiger partial charge < -0.3 is 14.8 Å². The molecule has 0 saturated carbocycles. The monoisotopic (exact) mass is 384 g/mol. The van der Waals surface area contributed by atoms with Gasteiger partial charge in [-0.05, 0) is 55.8 Å². The van der Waals surface area contributed by atoms with Crippen molar-refractivity contribution < 1.29 is 14.3 Å². The Kier molecular flexibility index (Phi) is 5.81. The summed E-state index contributed by atoms with van der Waals surface area (Å²) < 4.78 is 10.7. The molecular weight excluding hydrogens is 364 g/mol. The minimum absolute atomic E-state index is 0.197. The topological polar surface area (TPSA) is 60.5 Å². The number of halogens is 1. The van der Waals surface area contributed by atoms with Crippen LogP contribution in [0.15, 0.2) is 42.5 Å². The van der Waals surface area contributed by atoms with Crippen LogP contribution in [0.25, 0.3) is 10.9 Å². The quantitative estimate of drug-likeness (QED) is 0.507. The number of hydrogen-bond acceptors (Lipinski definition) is 4. The third-order valence-electron chi connectivity index (χ3n) is 4.17. The van der Waals surface area contributed by atoms with Gasteiger partial charge in [0, 0.05) is 5.39 Å². The first-order valence-electron chi connectivity index (χ1n) is 8.60. The van der Waals surface area contributed by atoms with Gasteiger partial charge in [-0.1, -0.05) is 23.2 Å². The van der Waals surface area contributed by atoms with Crippen molar-refractivity contribution in [1.82, 2.24) is 10.3 Å². The van der Waals surface area contributed by atoms with E-state index in [9.17, 15) is 4.79 Å². The number of aromatic nitrogens is 1. The number of aryl methyl sites for hydroxylation is 2. The van der Waals surface area contributed by atoms with Gasteiger partial charge >= 0.3 is 0 Å². The molecule has 27 heavy (non-hydrogen) atoms. The average Bonchev–Trinajstić information content (AvgIpc) is 2.65. The van der Waals surface area contributed by atoms with Crippen LogP contribution in [0.1, 0.15) is 21.5 Å². The van der Waals surface area contributed by atoms with Crippen molar-refractivity contribution >= 4 is 28.4 Å². The average molecular weight is 385 g/mol. The number of carbonyl (C=O) groups excluding carboxylic acids is 1. The molecule has 2 aromatic carbocycles. The summed E-state index contributed by atoms with van der Waals surface area (Å²) in [5.41, 5.74) is 3.32. The van der Waals surface area contributed by atoms with Crippen LogP contribution in [0.4, 0.5) is 0 Å². The molecule has 1 amide bonds. The molecule has 6 heteroatoms. The lowest BCUT2D eigenvalue weighted by Crippen LogP contribution is -2.28. The molecule has 0 aliphatic heterocycles. The smallest absolute Gasteiger partial charge is 0.254 e. The molecule has 3 rings (SSSR count). The summed E-state index contributed by atoms with van der Waals surface area (Å²) in [4.78, 5) is 16.9. The van der Waals surface area contributed by atoms with E-state index in [0.29, 0.717) is 24.5 Å². The highest BCUT2D eigenvalue weighted by molar-refractivity contribution is 6.33. The normalized spacial score (nSPS) is 10.7. The van der Waals surface area contributed by atoms with Gasteiger partial charge in [-0.15, -0.1) is 0 Å². The van der Waals surface area contributed by atoms with Gasteiger partial charge in [-0.2, -0.15) is 0 Å². The Morgan fingerprint density at radius 3 is 2.52 bits per heavy atom. The number of fused-ring (bicyclic) bond motifs is 1. The first-order valence-corrected chi connectivity index (χ1v) is 8.98. The molecule has 5 nitrogen and oxygen atoms in total. The van der Waals surface area contributed by atoms with Crippen molar-refractivity contribution in [2.75, 3.05) is 20.3 Å². The van der Waals surface area contributed by atoms with Crippen molar-refractivity contribution in [3.05, 3.63) is 64.3 Å². The zero-order valence-corrected chi connectivity index (χ0v) is 16.3. The van der Waals surface area contributed by atoms with Crippen LogP contribution in [0.2, 0.25) is 5.15 Å². The van der Waals surface area contributed by atoms with Gasteiger partial charge in [-0.25, -0.2) is 4.98 Å². The number of nitrogens with one attached hydrogen (secondary N) is 1. The lowest BCUT2D eigenvalue weighted by Gasteiger charge is -2.11. The maximum absolute atomic E-state index is 12.5. The van der Waals surface area contributed by atoms with E-state index in [-0.39, 0.29) is 11.1 Å². The molecule has 0 aliphatic rings. The predicted octanol–water partition coefficient (Wildman–Crippen LogP) is 4.32. The number of hydrogen-bond donors (Lipinski definition) is 1. The van der Waals surface area contributed by atoms with Crippen LogP contribution in [0.5, 0.6) is 11.5 Å². The van der Waals surface area contributed by atoms with Gasteiger partial charge in [-0.3, -0.25) is 4.79 Å². The number of carbonyl (C=O) groups is 1. The Labute approximate surface area is 163 Å². The molecule has 1 N–H and O–H groups in total.